The number of amides is 1. The van der Waals surface area contributed by atoms with Crippen LogP contribution in [0.2, 0.25) is 0 Å². The maximum Gasteiger partial charge on any atom is 0.257 e. The number of nitrogens with zero attached hydrogens (tertiary/aromatic N) is 2. The first-order valence-corrected chi connectivity index (χ1v) is 10.3. The minimum Gasteiger partial charge on any atom is -0.497 e. The highest BCUT2D eigenvalue weighted by molar-refractivity contribution is 5.97. The molecule has 2 aromatic carbocycles. The zero-order valence-corrected chi connectivity index (χ0v) is 18.2. The first-order chi connectivity index (χ1) is 15.0. The monoisotopic (exact) mass is 425 g/mol. The van der Waals surface area contributed by atoms with Crippen LogP contribution in [0, 0.1) is 5.82 Å². The number of carbonyl (C=O) groups is 1. The number of aromatic amines is 1. The zero-order valence-electron chi connectivity index (χ0n) is 18.2. The number of aryl methyl sites for hydroxylation is 1. The fourth-order valence-corrected chi connectivity index (χ4v) is 3.38. The summed E-state index contributed by atoms with van der Waals surface area (Å²) in [7, 11) is 4.92. The standard InChI is InChI=1S/C24H28FN3O3/c1-28(24(29)21-13-12-20(30-2)16-23(21)31-3)14-6-4-5-7-19-15-22(27-26-19)17-8-10-18(25)11-9-17/h8-13,15-16H,4-7,14H2,1-3H3,(H,26,27). The summed E-state index contributed by atoms with van der Waals surface area (Å²) in [4.78, 5) is 14.5. The third-order valence-electron chi connectivity index (χ3n) is 5.20. The van der Waals surface area contributed by atoms with E-state index in [9.17, 15) is 9.18 Å². The van der Waals surface area contributed by atoms with Crippen molar-refractivity contribution in [2.75, 3.05) is 27.8 Å². The van der Waals surface area contributed by atoms with Crippen LogP contribution in [0.5, 0.6) is 11.5 Å². The SMILES string of the molecule is COc1ccc(C(=O)N(C)CCCCCc2cc(-c3ccc(F)cc3)n[nH]2)c(OC)c1. The molecule has 0 fully saturated rings. The van der Waals surface area contributed by atoms with Gasteiger partial charge in [0.1, 0.15) is 17.3 Å². The lowest BCUT2D eigenvalue weighted by molar-refractivity contribution is 0.0789. The van der Waals surface area contributed by atoms with E-state index >= 15 is 0 Å². The fraction of sp³-hybridized carbons (Fsp3) is 0.333. The van der Waals surface area contributed by atoms with Gasteiger partial charge in [0.05, 0.1) is 25.5 Å². The number of hydrogen-bond acceptors (Lipinski definition) is 4. The number of rotatable bonds is 10. The van der Waals surface area contributed by atoms with Crippen molar-refractivity contribution in [1.82, 2.24) is 15.1 Å². The van der Waals surface area contributed by atoms with E-state index in [1.165, 1.54) is 12.1 Å². The molecule has 3 rings (SSSR count). The molecule has 0 aliphatic carbocycles. The van der Waals surface area contributed by atoms with Gasteiger partial charge < -0.3 is 14.4 Å². The Morgan fingerprint density at radius 3 is 2.52 bits per heavy atom. The number of methoxy groups -OCH3 is 2. The van der Waals surface area contributed by atoms with Crippen LogP contribution in [0.4, 0.5) is 4.39 Å². The molecular weight excluding hydrogens is 397 g/mol. The summed E-state index contributed by atoms with van der Waals surface area (Å²) in [5.74, 6) is 0.829. The number of hydrogen-bond donors (Lipinski definition) is 1. The Kier molecular flexibility index (Phi) is 7.65. The van der Waals surface area contributed by atoms with Crippen LogP contribution < -0.4 is 9.47 Å². The molecule has 0 aliphatic heterocycles. The second kappa shape index (κ2) is 10.6. The molecule has 0 saturated carbocycles. The van der Waals surface area contributed by atoms with Crippen molar-refractivity contribution in [2.24, 2.45) is 0 Å². The second-order valence-electron chi connectivity index (χ2n) is 7.39. The van der Waals surface area contributed by atoms with Gasteiger partial charge in [-0.2, -0.15) is 5.10 Å². The van der Waals surface area contributed by atoms with E-state index in [-0.39, 0.29) is 11.7 Å². The fourth-order valence-electron chi connectivity index (χ4n) is 3.38. The second-order valence-corrected chi connectivity index (χ2v) is 7.39. The predicted octanol–water partition coefficient (Wildman–Crippen LogP) is 4.72. The van der Waals surface area contributed by atoms with E-state index in [4.69, 9.17) is 9.47 Å². The quantitative estimate of drug-likeness (QED) is 0.478. The first kappa shape index (κ1) is 22.3. The van der Waals surface area contributed by atoms with E-state index in [0.29, 0.717) is 23.6 Å². The molecule has 0 atom stereocenters. The molecular formula is C24H28FN3O3. The molecule has 0 aliphatic rings. The molecule has 0 bridgehead atoms. The maximum atomic E-state index is 13.1. The van der Waals surface area contributed by atoms with Crippen LogP contribution in [0.25, 0.3) is 11.3 Å². The summed E-state index contributed by atoms with van der Waals surface area (Å²) in [6, 6.07) is 13.5. The van der Waals surface area contributed by atoms with Crippen molar-refractivity contribution in [2.45, 2.75) is 25.7 Å². The normalized spacial score (nSPS) is 10.7. The molecule has 31 heavy (non-hydrogen) atoms. The van der Waals surface area contributed by atoms with Gasteiger partial charge in [0.25, 0.3) is 5.91 Å². The number of nitrogens with one attached hydrogen (secondary N) is 1. The minimum absolute atomic E-state index is 0.0722. The highest BCUT2D eigenvalue weighted by Gasteiger charge is 2.17. The molecule has 0 saturated heterocycles. The van der Waals surface area contributed by atoms with E-state index < -0.39 is 0 Å². The van der Waals surface area contributed by atoms with Crippen LogP contribution in [-0.2, 0) is 6.42 Å². The maximum absolute atomic E-state index is 13.1. The van der Waals surface area contributed by atoms with Crippen molar-refractivity contribution in [3.8, 4) is 22.8 Å². The summed E-state index contributed by atoms with van der Waals surface area (Å²) in [6.07, 6.45) is 3.75. The molecule has 0 radical (unpaired) electrons. The van der Waals surface area contributed by atoms with Gasteiger partial charge in [-0.15, -0.1) is 0 Å². The summed E-state index contributed by atoms with van der Waals surface area (Å²) < 4.78 is 23.6. The molecule has 1 aromatic heterocycles. The first-order valence-electron chi connectivity index (χ1n) is 10.3. The Morgan fingerprint density at radius 2 is 1.81 bits per heavy atom. The number of aromatic nitrogens is 2. The number of H-pyrrole nitrogens is 1. The Hall–Kier alpha value is -3.35. The average molecular weight is 426 g/mol. The zero-order chi connectivity index (χ0) is 22.2. The number of carbonyl (C=O) groups excluding carboxylic acids is 1. The number of benzene rings is 2. The van der Waals surface area contributed by atoms with Crippen LogP contribution >= 0.6 is 0 Å². The van der Waals surface area contributed by atoms with Gasteiger partial charge in [-0.1, -0.05) is 6.42 Å². The molecule has 0 unspecified atom stereocenters. The van der Waals surface area contributed by atoms with Gasteiger partial charge >= 0.3 is 0 Å². The van der Waals surface area contributed by atoms with Crippen LogP contribution in [0.3, 0.4) is 0 Å². The van der Waals surface area contributed by atoms with Gasteiger partial charge in [-0.3, -0.25) is 9.89 Å². The van der Waals surface area contributed by atoms with Crippen LogP contribution in [-0.4, -0.2) is 48.8 Å². The highest BCUT2D eigenvalue weighted by Crippen LogP contribution is 2.25. The third kappa shape index (κ3) is 5.84. The van der Waals surface area contributed by atoms with E-state index in [0.717, 1.165) is 42.6 Å². The molecule has 0 spiro atoms. The van der Waals surface area contributed by atoms with Gasteiger partial charge in [0.2, 0.25) is 0 Å². The lowest BCUT2D eigenvalue weighted by Gasteiger charge is -2.19. The Labute approximate surface area is 182 Å². The molecule has 3 aromatic rings. The van der Waals surface area contributed by atoms with Crippen LogP contribution in [0.1, 0.15) is 35.3 Å². The van der Waals surface area contributed by atoms with Gasteiger partial charge in [0, 0.05) is 30.9 Å². The molecule has 6 nitrogen and oxygen atoms in total. The molecule has 164 valence electrons. The summed E-state index contributed by atoms with van der Waals surface area (Å²) in [5.41, 5.74) is 3.27. The summed E-state index contributed by atoms with van der Waals surface area (Å²) in [5, 5.41) is 7.36. The smallest absolute Gasteiger partial charge is 0.257 e. The molecule has 1 amide bonds. The predicted molar refractivity (Wildman–Crippen MR) is 118 cm³/mol. The van der Waals surface area contributed by atoms with Crippen molar-refractivity contribution in [3.05, 3.63) is 65.6 Å². The number of halogens is 1. The average Bonchev–Trinajstić information content (AvgIpc) is 3.27. The summed E-state index contributed by atoms with van der Waals surface area (Å²) >= 11 is 0. The lowest BCUT2D eigenvalue weighted by Crippen LogP contribution is -2.28. The molecule has 7 heteroatoms. The number of unbranched alkanes of at least 4 members (excludes halogenated alkanes) is 2. The van der Waals surface area contributed by atoms with E-state index in [1.54, 1.807) is 56.5 Å². The van der Waals surface area contributed by atoms with Crippen molar-refractivity contribution < 1.29 is 18.7 Å². The van der Waals surface area contributed by atoms with E-state index in [2.05, 4.69) is 10.2 Å². The van der Waals surface area contributed by atoms with E-state index in [1.807, 2.05) is 6.07 Å². The highest BCUT2D eigenvalue weighted by atomic mass is 19.1. The van der Waals surface area contributed by atoms with Gasteiger partial charge in [-0.25, -0.2) is 4.39 Å². The topological polar surface area (TPSA) is 67.5 Å². The van der Waals surface area contributed by atoms with Gasteiger partial charge in [0.15, 0.2) is 0 Å². The summed E-state index contributed by atoms with van der Waals surface area (Å²) in [6.45, 7) is 0.665. The van der Waals surface area contributed by atoms with Crippen LogP contribution in [0.15, 0.2) is 48.5 Å². The Morgan fingerprint density at radius 1 is 1.03 bits per heavy atom. The van der Waals surface area contributed by atoms with Gasteiger partial charge in [-0.05, 0) is 61.7 Å². The lowest BCUT2D eigenvalue weighted by atomic mass is 10.1. The molecule has 1 heterocycles. The number of ether oxygens (including phenoxy) is 2. The van der Waals surface area contributed by atoms with Crippen molar-refractivity contribution in [1.29, 1.82) is 0 Å². The Balaban J connectivity index is 1.44. The largest absolute Gasteiger partial charge is 0.497 e. The Bertz CT molecular complexity index is 1000. The minimum atomic E-state index is -0.256. The van der Waals surface area contributed by atoms with Crippen molar-refractivity contribution >= 4 is 5.91 Å². The third-order valence-corrected chi connectivity index (χ3v) is 5.20. The van der Waals surface area contributed by atoms with Crippen molar-refractivity contribution in [3.63, 3.8) is 0 Å². The molecule has 1 N–H and O–H groups in total.